The van der Waals surface area contributed by atoms with E-state index in [9.17, 15) is 4.79 Å². The smallest absolute Gasteiger partial charge is 0.268 e. The van der Waals surface area contributed by atoms with E-state index in [0.717, 1.165) is 73.7 Å². The van der Waals surface area contributed by atoms with Gasteiger partial charge in [-0.05, 0) is 81.8 Å². The molecule has 4 heterocycles. The summed E-state index contributed by atoms with van der Waals surface area (Å²) < 4.78 is 10.2. The lowest BCUT2D eigenvalue weighted by atomic mass is 9.83. The maximum atomic E-state index is 13.5. The summed E-state index contributed by atoms with van der Waals surface area (Å²) in [7, 11) is 1.97. The molecule has 1 unspecified atom stereocenters. The van der Waals surface area contributed by atoms with Gasteiger partial charge in [-0.3, -0.25) is 9.48 Å². The van der Waals surface area contributed by atoms with Gasteiger partial charge < -0.3 is 14.6 Å². The van der Waals surface area contributed by atoms with Crippen LogP contribution in [0, 0.1) is 20.8 Å². The summed E-state index contributed by atoms with van der Waals surface area (Å²) in [6, 6.07) is 7.96. The molecule has 2 aliphatic heterocycles. The number of carbonyl (C=O) groups is 1. The SMILES string of the molecule is Cc1cc(OCCCc2c3n4c5c(c(Cl)ccc25)-c2c(nn(C)c2C)C4(C)CCNC3=O)cc(C)c1Cl. The standard InChI is InChI=1S/C29H30Cl2N4O2/c1-15-13-18(14-16(2)24(15)31)37-12-6-7-19-20-8-9-21(30)23-22-17(3)34(5)33-27(22)29(4)10-11-32-28(36)26(19)35(29)25(20)23/h8-9,13-14H,6-7,10-12H2,1-5H3,(H,32,36). The average molecular weight is 537 g/mol. The molecule has 0 aliphatic carbocycles. The van der Waals surface area contributed by atoms with E-state index >= 15 is 0 Å². The fourth-order valence-electron chi connectivity index (χ4n) is 6.19. The lowest BCUT2D eigenvalue weighted by Gasteiger charge is -2.35. The number of halogens is 2. The van der Waals surface area contributed by atoms with E-state index in [-0.39, 0.29) is 5.91 Å². The maximum Gasteiger partial charge on any atom is 0.268 e. The number of nitrogens with zero attached hydrogens (tertiary/aromatic N) is 3. The molecule has 0 spiro atoms. The van der Waals surface area contributed by atoms with Gasteiger partial charge in [-0.15, -0.1) is 0 Å². The van der Waals surface area contributed by atoms with Crippen molar-refractivity contribution in [2.75, 3.05) is 13.2 Å². The Morgan fingerprint density at radius 3 is 2.59 bits per heavy atom. The minimum atomic E-state index is -0.459. The monoisotopic (exact) mass is 536 g/mol. The van der Waals surface area contributed by atoms with Gasteiger partial charge in [0.1, 0.15) is 11.4 Å². The number of hydrogen-bond donors (Lipinski definition) is 1. The van der Waals surface area contributed by atoms with Gasteiger partial charge >= 0.3 is 0 Å². The van der Waals surface area contributed by atoms with E-state index in [1.807, 2.05) is 43.8 Å². The van der Waals surface area contributed by atoms with Gasteiger partial charge in [0.2, 0.25) is 0 Å². The molecule has 1 atom stereocenters. The molecule has 2 aliphatic rings. The predicted molar refractivity (Wildman–Crippen MR) is 148 cm³/mol. The summed E-state index contributed by atoms with van der Waals surface area (Å²) in [6.07, 6.45) is 2.22. The molecule has 0 radical (unpaired) electrons. The number of benzene rings is 2. The first-order chi connectivity index (χ1) is 17.6. The van der Waals surface area contributed by atoms with Crippen molar-refractivity contribution in [2.45, 2.75) is 52.5 Å². The van der Waals surface area contributed by atoms with Crippen LogP contribution in [0.1, 0.15) is 58.3 Å². The first-order valence-electron chi connectivity index (χ1n) is 12.7. The fourth-order valence-corrected chi connectivity index (χ4v) is 6.55. The van der Waals surface area contributed by atoms with Gasteiger partial charge in [0, 0.05) is 40.8 Å². The Morgan fingerprint density at radius 1 is 1.14 bits per heavy atom. The Balaban J connectivity index is 1.45. The highest BCUT2D eigenvalue weighted by atomic mass is 35.5. The third-order valence-corrected chi connectivity index (χ3v) is 9.05. The van der Waals surface area contributed by atoms with Crippen LogP contribution in [0.3, 0.4) is 0 Å². The molecular formula is C29H30Cl2N4O2. The molecule has 0 bridgehead atoms. The first-order valence-corrected chi connectivity index (χ1v) is 13.5. The predicted octanol–water partition coefficient (Wildman–Crippen LogP) is 6.50. The summed E-state index contributed by atoms with van der Waals surface area (Å²) in [4.78, 5) is 13.5. The maximum absolute atomic E-state index is 13.5. The number of aromatic nitrogens is 3. The molecule has 0 saturated heterocycles. The Morgan fingerprint density at radius 2 is 1.86 bits per heavy atom. The van der Waals surface area contributed by atoms with Crippen molar-refractivity contribution in [2.24, 2.45) is 7.05 Å². The van der Waals surface area contributed by atoms with Crippen molar-refractivity contribution < 1.29 is 9.53 Å². The molecule has 2 aromatic heterocycles. The number of rotatable bonds is 5. The Bertz CT molecular complexity index is 1590. The number of ether oxygens (including phenoxy) is 1. The molecule has 1 amide bonds. The second kappa shape index (κ2) is 8.53. The Kier molecular flexibility index (Phi) is 5.62. The van der Waals surface area contributed by atoms with E-state index < -0.39 is 5.54 Å². The minimum absolute atomic E-state index is 0.0435. The highest BCUT2D eigenvalue weighted by Crippen LogP contribution is 2.52. The topological polar surface area (TPSA) is 61.1 Å². The van der Waals surface area contributed by atoms with Gasteiger partial charge in [-0.25, -0.2) is 0 Å². The van der Waals surface area contributed by atoms with Crippen molar-refractivity contribution in [3.63, 3.8) is 0 Å². The molecule has 6 nitrogen and oxygen atoms in total. The summed E-state index contributed by atoms with van der Waals surface area (Å²) in [5.74, 6) is 0.771. The Labute approximate surface area is 226 Å². The number of fused-ring (bicyclic) bond motifs is 3. The molecule has 37 heavy (non-hydrogen) atoms. The second-order valence-electron chi connectivity index (χ2n) is 10.5. The number of aryl methyl sites for hydroxylation is 4. The van der Waals surface area contributed by atoms with Gasteiger partial charge in [0.15, 0.2) is 0 Å². The van der Waals surface area contributed by atoms with Gasteiger partial charge in [0.25, 0.3) is 5.91 Å². The molecule has 8 heteroatoms. The van der Waals surface area contributed by atoms with E-state index in [4.69, 9.17) is 33.0 Å². The highest BCUT2D eigenvalue weighted by molar-refractivity contribution is 6.35. The van der Waals surface area contributed by atoms with E-state index in [2.05, 4.69) is 29.8 Å². The number of hydrogen-bond acceptors (Lipinski definition) is 3. The van der Waals surface area contributed by atoms with Crippen molar-refractivity contribution >= 4 is 40.0 Å². The summed E-state index contributed by atoms with van der Waals surface area (Å²) in [6.45, 7) is 9.37. The zero-order valence-corrected chi connectivity index (χ0v) is 23.3. The van der Waals surface area contributed by atoms with Crippen molar-refractivity contribution in [3.8, 4) is 16.9 Å². The lowest BCUT2D eigenvalue weighted by molar-refractivity contribution is 0.0950. The third-order valence-electron chi connectivity index (χ3n) is 8.14. The highest BCUT2D eigenvalue weighted by Gasteiger charge is 2.46. The van der Waals surface area contributed by atoms with Crippen LogP contribution in [0.4, 0.5) is 0 Å². The van der Waals surface area contributed by atoms with Gasteiger partial charge in [-0.2, -0.15) is 5.10 Å². The normalized spacial score (nSPS) is 18.1. The van der Waals surface area contributed by atoms with Crippen LogP contribution in [0.25, 0.3) is 22.0 Å². The molecule has 6 rings (SSSR count). The molecule has 1 N–H and O–H groups in total. The van der Waals surface area contributed by atoms with Crippen LogP contribution in [-0.2, 0) is 19.0 Å². The fraction of sp³-hybridized carbons (Fsp3) is 0.379. The zero-order chi connectivity index (χ0) is 26.2. The quantitative estimate of drug-likeness (QED) is 0.296. The molecule has 4 aromatic rings. The van der Waals surface area contributed by atoms with E-state index in [0.29, 0.717) is 30.3 Å². The average Bonchev–Trinajstić information content (AvgIpc) is 3.30. The number of carbonyl (C=O) groups excluding carboxylic acids is 1. The minimum Gasteiger partial charge on any atom is -0.494 e. The largest absolute Gasteiger partial charge is 0.494 e. The van der Waals surface area contributed by atoms with E-state index in [1.165, 1.54) is 0 Å². The second-order valence-corrected chi connectivity index (χ2v) is 11.3. The van der Waals surface area contributed by atoms with Crippen LogP contribution >= 0.6 is 23.2 Å². The molecule has 0 fully saturated rings. The van der Waals surface area contributed by atoms with Crippen LogP contribution in [-0.4, -0.2) is 33.4 Å². The molecule has 2 aromatic carbocycles. The number of nitrogens with one attached hydrogen (secondary N) is 1. The van der Waals surface area contributed by atoms with Crippen LogP contribution < -0.4 is 10.1 Å². The number of amides is 1. The van der Waals surface area contributed by atoms with Crippen LogP contribution in [0.2, 0.25) is 10.0 Å². The van der Waals surface area contributed by atoms with Crippen molar-refractivity contribution in [1.29, 1.82) is 0 Å². The van der Waals surface area contributed by atoms with Gasteiger partial charge in [-0.1, -0.05) is 29.3 Å². The van der Waals surface area contributed by atoms with Crippen LogP contribution in [0.5, 0.6) is 5.75 Å². The zero-order valence-electron chi connectivity index (χ0n) is 21.8. The van der Waals surface area contributed by atoms with Crippen LogP contribution in [0.15, 0.2) is 24.3 Å². The summed E-state index contributed by atoms with van der Waals surface area (Å²) in [5, 5.41) is 10.6. The summed E-state index contributed by atoms with van der Waals surface area (Å²) in [5.41, 5.74) is 8.45. The first kappa shape index (κ1) is 24.4. The van der Waals surface area contributed by atoms with Crippen molar-refractivity contribution in [1.82, 2.24) is 19.7 Å². The van der Waals surface area contributed by atoms with Gasteiger partial charge in [0.05, 0.1) is 28.4 Å². The van der Waals surface area contributed by atoms with E-state index in [1.54, 1.807) is 0 Å². The molecule has 0 saturated carbocycles. The molecular weight excluding hydrogens is 507 g/mol. The third kappa shape index (κ3) is 3.45. The lowest BCUT2D eigenvalue weighted by Crippen LogP contribution is -2.36. The Hall–Kier alpha value is -2.96. The van der Waals surface area contributed by atoms with Crippen molar-refractivity contribution in [3.05, 3.63) is 68.1 Å². The summed E-state index contributed by atoms with van der Waals surface area (Å²) >= 11 is 13.2. The molecule has 192 valence electrons.